The lowest BCUT2D eigenvalue weighted by Crippen LogP contribution is -2.47. The minimum Gasteiger partial charge on any atom is -0.387 e. The zero-order valence-electron chi connectivity index (χ0n) is 14.4. The van der Waals surface area contributed by atoms with E-state index in [1.807, 2.05) is 24.3 Å². The minimum atomic E-state index is -0.609. The van der Waals surface area contributed by atoms with Gasteiger partial charge in [0.2, 0.25) is 0 Å². The number of hydrogen-bond acceptors (Lipinski definition) is 4. The van der Waals surface area contributed by atoms with Crippen molar-refractivity contribution in [3.8, 4) is 0 Å². The van der Waals surface area contributed by atoms with E-state index < -0.39 is 6.10 Å². The van der Waals surface area contributed by atoms with Crippen molar-refractivity contribution in [2.24, 2.45) is 0 Å². The minimum absolute atomic E-state index is 0.0751. The Balaban J connectivity index is 1.53. The monoisotopic (exact) mass is 342 g/mol. The van der Waals surface area contributed by atoms with Gasteiger partial charge in [-0.15, -0.1) is 0 Å². The Bertz CT molecular complexity index is 707. The number of anilines is 1. The number of halogens is 1. The van der Waals surface area contributed by atoms with Crippen LogP contribution < -0.4 is 4.90 Å². The van der Waals surface area contributed by atoms with Crippen LogP contribution in [-0.4, -0.2) is 48.5 Å². The van der Waals surface area contributed by atoms with Crippen molar-refractivity contribution in [1.82, 2.24) is 4.90 Å². The third-order valence-electron chi connectivity index (χ3n) is 4.70. The predicted molar refractivity (Wildman–Crippen MR) is 96.5 cm³/mol. The first-order chi connectivity index (χ1) is 12.0. The van der Waals surface area contributed by atoms with E-state index in [0.29, 0.717) is 6.54 Å². The molecule has 0 saturated carbocycles. The molecule has 0 bridgehead atoms. The first-order valence-corrected chi connectivity index (χ1v) is 8.55. The highest BCUT2D eigenvalue weighted by Crippen LogP contribution is 2.20. The molecule has 1 aliphatic rings. The molecule has 1 aliphatic heterocycles. The number of aliphatic hydroxyl groups is 1. The van der Waals surface area contributed by atoms with Crippen molar-refractivity contribution in [2.45, 2.75) is 13.0 Å². The Morgan fingerprint density at radius 2 is 1.64 bits per heavy atom. The van der Waals surface area contributed by atoms with E-state index in [2.05, 4.69) is 9.80 Å². The number of Topliss-reactive ketones (excluding diaryl/α,β-unsaturated/α-hetero) is 1. The fourth-order valence-corrected chi connectivity index (χ4v) is 3.13. The average molecular weight is 342 g/mol. The lowest BCUT2D eigenvalue weighted by Gasteiger charge is -2.37. The highest BCUT2D eigenvalue weighted by atomic mass is 19.1. The fourth-order valence-electron chi connectivity index (χ4n) is 3.13. The van der Waals surface area contributed by atoms with Crippen molar-refractivity contribution in [2.75, 3.05) is 37.6 Å². The van der Waals surface area contributed by atoms with Gasteiger partial charge in [0.15, 0.2) is 5.78 Å². The lowest BCUT2D eigenvalue weighted by atomic mass is 10.1. The van der Waals surface area contributed by atoms with Crippen LogP contribution in [0.15, 0.2) is 48.5 Å². The van der Waals surface area contributed by atoms with E-state index in [1.54, 1.807) is 19.1 Å². The van der Waals surface area contributed by atoms with Gasteiger partial charge in [0.05, 0.1) is 6.10 Å². The molecule has 0 spiro atoms. The number of rotatable bonds is 5. The smallest absolute Gasteiger partial charge is 0.159 e. The highest BCUT2D eigenvalue weighted by Gasteiger charge is 2.20. The molecule has 2 aromatic carbocycles. The number of β-amino-alcohol motifs (C(OH)–C–C–N with tert-alkyl or cyclic N) is 1. The van der Waals surface area contributed by atoms with Crippen molar-refractivity contribution in [1.29, 1.82) is 0 Å². The van der Waals surface area contributed by atoms with Crippen molar-refractivity contribution >= 4 is 11.5 Å². The summed E-state index contributed by atoms with van der Waals surface area (Å²) in [7, 11) is 0. The molecule has 3 rings (SSSR count). The van der Waals surface area contributed by atoms with Gasteiger partial charge in [-0.2, -0.15) is 0 Å². The number of benzene rings is 2. The summed E-state index contributed by atoms with van der Waals surface area (Å²) in [4.78, 5) is 15.8. The molecule has 1 fully saturated rings. The van der Waals surface area contributed by atoms with Crippen molar-refractivity contribution in [3.05, 3.63) is 65.5 Å². The Kier molecular flexibility index (Phi) is 5.46. The molecule has 1 heterocycles. The normalized spacial score (nSPS) is 16.7. The Hall–Kier alpha value is -2.24. The molecule has 1 atom stereocenters. The van der Waals surface area contributed by atoms with Crippen LogP contribution in [0.5, 0.6) is 0 Å². The van der Waals surface area contributed by atoms with Gasteiger partial charge in [0.1, 0.15) is 5.82 Å². The number of nitrogens with zero attached hydrogens (tertiary/aromatic N) is 2. The van der Waals surface area contributed by atoms with Gasteiger partial charge in [-0.25, -0.2) is 4.39 Å². The van der Waals surface area contributed by atoms with Gasteiger partial charge in [-0.3, -0.25) is 9.69 Å². The van der Waals surface area contributed by atoms with Gasteiger partial charge < -0.3 is 10.0 Å². The zero-order chi connectivity index (χ0) is 17.8. The van der Waals surface area contributed by atoms with Crippen LogP contribution in [0.2, 0.25) is 0 Å². The fraction of sp³-hybridized carbons (Fsp3) is 0.350. The van der Waals surface area contributed by atoms with Crippen molar-refractivity contribution < 1.29 is 14.3 Å². The first kappa shape index (κ1) is 17.6. The molecule has 0 aliphatic carbocycles. The molecular weight excluding hydrogens is 319 g/mol. The number of hydrogen-bond donors (Lipinski definition) is 1. The third kappa shape index (κ3) is 4.44. The molecule has 5 heteroatoms. The van der Waals surface area contributed by atoms with E-state index >= 15 is 0 Å². The second kappa shape index (κ2) is 7.76. The Morgan fingerprint density at radius 3 is 2.20 bits per heavy atom. The predicted octanol–water partition coefficient (Wildman–Crippen LogP) is 2.88. The Morgan fingerprint density at radius 1 is 1.04 bits per heavy atom. The number of aliphatic hydroxyl groups excluding tert-OH is 1. The van der Waals surface area contributed by atoms with E-state index in [9.17, 15) is 14.3 Å². The lowest BCUT2D eigenvalue weighted by molar-refractivity contribution is 0.101. The van der Waals surface area contributed by atoms with Crippen LogP contribution in [0.3, 0.4) is 0 Å². The van der Waals surface area contributed by atoms with E-state index in [0.717, 1.165) is 43.0 Å². The van der Waals surface area contributed by atoms with Crippen LogP contribution >= 0.6 is 0 Å². The van der Waals surface area contributed by atoms with Gasteiger partial charge in [-0.1, -0.05) is 12.1 Å². The van der Waals surface area contributed by atoms with Crippen LogP contribution in [0.25, 0.3) is 0 Å². The molecule has 2 aromatic rings. The van der Waals surface area contributed by atoms with Crippen LogP contribution in [-0.2, 0) is 0 Å². The van der Waals surface area contributed by atoms with E-state index in [-0.39, 0.29) is 11.6 Å². The van der Waals surface area contributed by atoms with Crippen LogP contribution in [0.4, 0.5) is 10.1 Å². The van der Waals surface area contributed by atoms with Gasteiger partial charge in [-0.05, 0) is 48.9 Å². The highest BCUT2D eigenvalue weighted by molar-refractivity contribution is 5.94. The molecule has 1 unspecified atom stereocenters. The summed E-state index contributed by atoms with van der Waals surface area (Å²) in [5.41, 5.74) is 2.58. The maximum atomic E-state index is 13.0. The molecule has 25 heavy (non-hydrogen) atoms. The van der Waals surface area contributed by atoms with E-state index in [4.69, 9.17) is 0 Å². The van der Waals surface area contributed by atoms with Crippen LogP contribution in [0.1, 0.15) is 28.9 Å². The molecule has 1 saturated heterocycles. The standard InChI is InChI=1S/C20H23FN2O2/c1-15(24)16-4-8-19(9-5-16)23-12-10-22(11-13-23)14-20(25)17-2-6-18(21)7-3-17/h2-9,20,25H,10-14H2,1H3. The van der Waals surface area contributed by atoms with E-state index in [1.165, 1.54) is 12.1 Å². The average Bonchev–Trinajstić information content (AvgIpc) is 2.63. The van der Waals surface area contributed by atoms with Gasteiger partial charge in [0.25, 0.3) is 0 Å². The molecule has 0 aromatic heterocycles. The second-order valence-corrected chi connectivity index (χ2v) is 6.46. The summed E-state index contributed by atoms with van der Waals surface area (Å²) in [5, 5.41) is 10.3. The zero-order valence-corrected chi connectivity index (χ0v) is 14.4. The topological polar surface area (TPSA) is 43.8 Å². The maximum Gasteiger partial charge on any atom is 0.159 e. The number of carbonyl (C=O) groups is 1. The SMILES string of the molecule is CC(=O)c1ccc(N2CCN(CC(O)c3ccc(F)cc3)CC2)cc1. The number of piperazine rings is 1. The van der Waals surface area contributed by atoms with Gasteiger partial charge >= 0.3 is 0 Å². The van der Waals surface area contributed by atoms with Gasteiger partial charge in [0, 0.05) is 44.0 Å². The third-order valence-corrected chi connectivity index (χ3v) is 4.70. The molecule has 1 N–H and O–H groups in total. The maximum absolute atomic E-state index is 13.0. The molecule has 0 radical (unpaired) electrons. The molecule has 132 valence electrons. The summed E-state index contributed by atoms with van der Waals surface area (Å²) < 4.78 is 13.0. The molecular formula is C20H23FN2O2. The second-order valence-electron chi connectivity index (χ2n) is 6.46. The molecule has 0 amide bonds. The summed E-state index contributed by atoms with van der Waals surface area (Å²) >= 11 is 0. The largest absolute Gasteiger partial charge is 0.387 e. The number of carbonyl (C=O) groups excluding carboxylic acids is 1. The van der Waals surface area contributed by atoms with Crippen LogP contribution in [0, 0.1) is 5.82 Å². The number of ketones is 1. The summed E-state index contributed by atoms with van der Waals surface area (Å²) in [6.07, 6.45) is -0.609. The summed E-state index contributed by atoms with van der Waals surface area (Å²) in [6.45, 7) is 5.56. The quantitative estimate of drug-likeness (QED) is 0.849. The summed E-state index contributed by atoms with van der Waals surface area (Å²) in [5.74, 6) is -0.216. The van der Waals surface area contributed by atoms with Crippen molar-refractivity contribution in [3.63, 3.8) is 0 Å². The Labute approximate surface area is 147 Å². The molecule has 4 nitrogen and oxygen atoms in total. The first-order valence-electron chi connectivity index (χ1n) is 8.55. The summed E-state index contributed by atoms with van der Waals surface area (Å²) in [6, 6.07) is 13.7.